The van der Waals surface area contributed by atoms with E-state index in [4.69, 9.17) is 0 Å². The lowest BCUT2D eigenvalue weighted by atomic mass is 9.72. The molecule has 2 saturated heterocycles. The van der Waals surface area contributed by atoms with Crippen LogP contribution in [0.3, 0.4) is 0 Å². The van der Waals surface area contributed by atoms with Crippen molar-refractivity contribution in [1.82, 2.24) is 10.0 Å². The second-order valence-electron chi connectivity index (χ2n) is 9.90. The first-order valence-corrected chi connectivity index (χ1v) is 11.9. The zero-order valence-electron chi connectivity index (χ0n) is 18.7. The normalized spacial score (nSPS) is 27.9. The highest BCUT2D eigenvalue weighted by atomic mass is 19.2. The number of carbonyl (C=O) groups excluding carboxylic acids is 2. The molecule has 0 aromatic heterocycles. The molecule has 4 atom stereocenters. The van der Waals surface area contributed by atoms with Gasteiger partial charge in [-0.2, -0.15) is 0 Å². The van der Waals surface area contributed by atoms with Gasteiger partial charge in [0.1, 0.15) is 17.6 Å². The Morgan fingerprint density at radius 2 is 1.74 bits per heavy atom. The van der Waals surface area contributed by atoms with Gasteiger partial charge in [0.25, 0.3) is 0 Å². The smallest absolute Gasteiger partial charge is 0.244 e. The van der Waals surface area contributed by atoms with Crippen LogP contribution in [0.1, 0.15) is 81.8 Å². The summed E-state index contributed by atoms with van der Waals surface area (Å²) in [7, 11) is 0. The maximum Gasteiger partial charge on any atom is 0.244 e. The molecule has 1 aliphatic carbocycles. The van der Waals surface area contributed by atoms with Gasteiger partial charge < -0.3 is 4.90 Å². The van der Waals surface area contributed by atoms with Crippen molar-refractivity contribution in [3.8, 4) is 0 Å². The van der Waals surface area contributed by atoms with E-state index < -0.39 is 12.0 Å². The molecule has 4 nitrogen and oxygen atoms in total. The van der Waals surface area contributed by atoms with Crippen LogP contribution in [0.15, 0.2) is 18.2 Å². The van der Waals surface area contributed by atoms with Crippen LogP contribution < -0.4 is 0 Å². The van der Waals surface area contributed by atoms with E-state index >= 15 is 4.39 Å². The number of benzene rings is 1. The summed E-state index contributed by atoms with van der Waals surface area (Å²) in [5, 5.41) is 0.541. The SMILES string of the molecule is CC(C)C(=O)C(c1cccc(C2CCCN(C(=O)C3CN3F)C2)c1F)C1CCCCC1. The summed E-state index contributed by atoms with van der Waals surface area (Å²) in [5.74, 6) is -0.800. The molecule has 1 aromatic rings. The Hall–Kier alpha value is -1.82. The highest BCUT2D eigenvalue weighted by Gasteiger charge is 2.45. The summed E-state index contributed by atoms with van der Waals surface area (Å²) in [6.45, 7) is 4.96. The van der Waals surface area contributed by atoms with Crippen LogP contribution in [-0.4, -0.2) is 47.4 Å². The zero-order chi connectivity index (χ0) is 22.1. The van der Waals surface area contributed by atoms with Gasteiger partial charge in [0, 0.05) is 30.8 Å². The van der Waals surface area contributed by atoms with Crippen LogP contribution >= 0.6 is 0 Å². The van der Waals surface area contributed by atoms with Gasteiger partial charge in [-0.05, 0) is 42.7 Å². The van der Waals surface area contributed by atoms with Crippen LogP contribution in [0.2, 0.25) is 0 Å². The minimum Gasteiger partial charge on any atom is -0.341 e. The van der Waals surface area contributed by atoms with Crippen LogP contribution in [0.25, 0.3) is 0 Å². The number of ketones is 1. The molecule has 4 unspecified atom stereocenters. The maximum atomic E-state index is 15.9. The van der Waals surface area contributed by atoms with Crippen molar-refractivity contribution in [2.75, 3.05) is 19.6 Å². The lowest BCUT2D eigenvalue weighted by Crippen LogP contribution is -2.42. The van der Waals surface area contributed by atoms with Crippen LogP contribution in [0, 0.1) is 17.7 Å². The van der Waals surface area contributed by atoms with E-state index in [0.717, 1.165) is 38.5 Å². The highest BCUT2D eigenvalue weighted by molar-refractivity contribution is 5.88. The van der Waals surface area contributed by atoms with E-state index in [1.165, 1.54) is 6.42 Å². The summed E-state index contributed by atoms with van der Waals surface area (Å²) in [5.41, 5.74) is 1.13. The van der Waals surface area contributed by atoms with Crippen LogP contribution in [0.4, 0.5) is 8.87 Å². The number of piperidine rings is 1. The molecular formula is C25H34F2N2O2. The van der Waals surface area contributed by atoms with Gasteiger partial charge >= 0.3 is 0 Å². The number of hydrogen-bond donors (Lipinski definition) is 0. The third kappa shape index (κ3) is 4.69. The molecule has 4 rings (SSSR count). The Bertz CT molecular complexity index is 822. The molecule has 0 spiro atoms. The Balaban J connectivity index is 1.60. The molecule has 3 fully saturated rings. The van der Waals surface area contributed by atoms with E-state index in [-0.39, 0.29) is 41.8 Å². The van der Waals surface area contributed by atoms with E-state index in [1.54, 1.807) is 17.0 Å². The Morgan fingerprint density at radius 1 is 1.03 bits per heavy atom. The van der Waals surface area contributed by atoms with E-state index in [9.17, 15) is 14.1 Å². The topological polar surface area (TPSA) is 40.4 Å². The Kier molecular flexibility index (Phi) is 6.75. The monoisotopic (exact) mass is 432 g/mol. The summed E-state index contributed by atoms with van der Waals surface area (Å²) in [4.78, 5) is 27.3. The van der Waals surface area contributed by atoms with Crippen molar-refractivity contribution in [2.24, 2.45) is 11.8 Å². The van der Waals surface area contributed by atoms with Crippen molar-refractivity contribution in [3.63, 3.8) is 0 Å². The van der Waals surface area contributed by atoms with Gasteiger partial charge in [0.2, 0.25) is 5.91 Å². The van der Waals surface area contributed by atoms with Crippen molar-refractivity contribution in [2.45, 2.75) is 76.7 Å². The van der Waals surface area contributed by atoms with Gasteiger partial charge in [0.05, 0.1) is 6.54 Å². The molecule has 170 valence electrons. The Labute approximate surface area is 183 Å². The molecule has 6 heteroatoms. The van der Waals surface area contributed by atoms with E-state index in [2.05, 4.69) is 0 Å². The number of halogens is 2. The molecule has 1 amide bonds. The fraction of sp³-hybridized carbons (Fsp3) is 0.680. The number of Topliss-reactive ketones (excluding diaryl/α,β-unsaturated/α-hetero) is 1. The molecule has 0 bridgehead atoms. The number of amides is 1. The fourth-order valence-corrected chi connectivity index (χ4v) is 5.55. The summed E-state index contributed by atoms with van der Waals surface area (Å²) in [6, 6.07) is 4.79. The van der Waals surface area contributed by atoms with Crippen molar-refractivity contribution >= 4 is 11.7 Å². The maximum absolute atomic E-state index is 15.9. The summed E-state index contributed by atoms with van der Waals surface area (Å²) in [6.07, 6.45) is 6.89. The summed E-state index contributed by atoms with van der Waals surface area (Å²) < 4.78 is 29.1. The largest absolute Gasteiger partial charge is 0.341 e. The van der Waals surface area contributed by atoms with Gasteiger partial charge in [-0.25, -0.2) is 4.39 Å². The second kappa shape index (κ2) is 9.35. The van der Waals surface area contributed by atoms with Crippen LogP contribution in [0.5, 0.6) is 0 Å². The van der Waals surface area contributed by atoms with Crippen molar-refractivity contribution < 1.29 is 18.5 Å². The third-order valence-corrected chi connectivity index (χ3v) is 7.40. The molecule has 0 radical (unpaired) electrons. The molecule has 0 N–H and O–H groups in total. The lowest BCUT2D eigenvalue weighted by molar-refractivity contribution is -0.133. The first-order valence-electron chi connectivity index (χ1n) is 11.9. The minimum atomic E-state index is -0.658. The molecule has 1 saturated carbocycles. The van der Waals surface area contributed by atoms with Crippen LogP contribution in [-0.2, 0) is 9.59 Å². The van der Waals surface area contributed by atoms with Crippen molar-refractivity contribution in [1.29, 1.82) is 0 Å². The molecule has 2 aliphatic heterocycles. The molecule has 2 heterocycles. The molecule has 31 heavy (non-hydrogen) atoms. The van der Waals surface area contributed by atoms with Gasteiger partial charge in [0.15, 0.2) is 0 Å². The fourth-order valence-electron chi connectivity index (χ4n) is 5.55. The third-order valence-electron chi connectivity index (χ3n) is 7.40. The average Bonchev–Trinajstić information content (AvgIpc) is 3.51. The predicted molar refractivity (Wildman–Crippen MR) is 116 cm³/mol. The Morgan fingerprint density at radius 3 is 2.39 bits per heavy atom. The predicted octanol–water partition coefficient (Wildman–Crippen LogP) is 4.99. The molecule has 3 aliphatic rings. The number of likely N-dealkylation sites (tertiary alicyclic amines) is 1. The number of nitrogens with zero attached hydrogens (tertiary/aromatic N) is 2. The second-order valence-corrected chi connectivity index (χ2v) is 9.90. The standard InChI is InChI=1S/C25H34F2N2O2/c1-16(2)24(30)22(17-8-4-3-5-9-17)20-12-6-11-19(23(20)26)18-10-7-13-28(14-18)25(31)21-15-29(21)27/h6,11-12,16-18,21-22H,3-5,7-10,13-15H2,1-2H3. The number of hydrogen-bond acceptors (Lipinski definition) is 3. The number of rotatable bonds is 6. The minimum absolute atomic E-state index is 0.120. The first kappa shape index (κ1) is 22.4. The van der Waals surface area contributed by atoms with Gasteiger partial charge in [-0.1, -0.05) is 51.3 Å². The average molecular weight is 433 g/mol. The van der Waals surface area contributed by atoms with Gasteiger partial charge in [-0.15, -0.1) is 9.60 Å². The van der Waals surface area contributed by atoms with E-state index in [0.29, 0.717) is 29.3 Å². The van der Waals surface area contributed by atoms with Gasteiger partial charge in [-0.3, -0.25) is 9.59 Å². The number of carbonyl (C=O) groups is 2. The van der Waals surface area contributed by atoms with Crippen molar-refractivity contribution in [3.05, 3.63) is 35.1 Å². The zero-order valence-corrected chi connectivity index (χ0v) is 18.7. The summed E-state index contributed by atoms with van der Waals surface area (Å²) >= 11 is 0. The highest BCUT2D eigenvalue weighted by Crippen LogP contribution is 2.41. The van der Waals surface area contributed by atoms with E-state index in [1.807, 2.05) is 19.9 Å². The molecular weight excluding hydrogens is 398 g/mol. The quantitative estimate of drug-likeness (QED) is 0.470. The first-order chi connectivity index (χ1) is 14.9. The lowest BCUT2D eigenvalue weighted by Gasteiger charge is -2.34. The molecule has 1 aromatic carbocycles.